The molecule has 4 nitrogen and oxygen atoms in total. The van der Waals surface area contributed by atoms with Crippen LogP contribution in [0.15, 0.2) is 0 Å². The van der Waals surface area contributed by atoms with Gasteiger partial charge in [-0.25, -0.2) is 0 Å². The van der Waals surface area contributed by atoms with Gasteiger partial charge in [-0.3, -0.25) is 9.59 Å². The molecule has 1 aliphatic rings. The standard InChI is InChI=1S/C7H11NO3.ClH/c1-4-2-8-3-5(6(4)9)7(10)11;/h4-5,8H,2-3H2,1H3,(H,10,11);1H. The highest BCUT2D eigenvalue weighted by molar-refractivity contribution is 6.00. The van der Waals surface area contributed by atoms with Crippen LogP contribution in [0.2, 0.25) is 0 Å². The van der Waals surface area contributed by atoms with Crippen LogP contribution in [-0.4, -0.2) is 29.9 Å². The number of rotatable bonds is 1. The summed E-state index contributed by atoms with van der Waals surface area (Å²) >= 11 is 0. The molecule has 0 spiro atoms. The molecular weight excluding hydrogens is 182 g/mol. The fourth-order valence-corrected chi connectivity index (χ4v) is 1.20. The number of Topliss-reactive ketones (excluding diaryl/α,β-unsaturated/α-hetero) is 1. The van der Waals surface area contributed by atoms with Crippen LogP contribution < -0.4 is 5.32 Å². The van der Waals surface area contributed by atoms with Crippen LogP contribution in [0.4, 0.5) is 0 Å². The zero-order valence-corrected chi connectivity index (χ0v) is 7.56. The van der Waals surface area contributed by atoms with Gasteiger partial charge >= 0.3 is 5.97 Å². The van der Waals surface area contributed by atoms with Crippen LogP contribution in [0.5, 0.6) is 0 Å². The molecule has 0 aromatic carbocycles. The van der Waals surface area contributed by atoms with Gasteiger partial charge in [0.1, 0.15) is 5.92 Å². The van der Waals surface area contributed by atoms with Crippen molar-refractivity contribution in [2.24, 2.45) is 11.8 Å². The number of piperidine rings is 1. The van der Waals surface area contributed by atoms with Gasteiger partial charge in [-0.2, -0.15) is 0 Å². The van der Waals surface area contributed by atoms with E-state index in [0.29, 0.717) is 6.54 Å². The molecule has 70 valence electrons. The van der Waals surface area contributed by atoms with Crippen LogP contribution >= 0.6 is 12.4 Å². The summed E-state index contributed by atoms with van der Waals surface area (Å²) in [5, 5.41) is 11.5. The number of ketones is 1. The molecule has 1 fully saturated rings. The minimum atomic E-state index is -1.02. The van der Waals surface area contributed by atoms with Crippen LogP contribution in [0.25, 0.3) is 0 Å². The van der Waals surface area contributed by atoms with Crippen molar-refractivity contribution in [3.05, 3.63) is 0 Å². The topological polar surface area (TPSA) is 66.4 Å². The summed E-state index contributed by atoms with van der Waals surface area (Å²) < 4.78 is 0. The predicted octanol–water partition coefficient (Wildman–Crippen LogP) is -0.0826. The summed E-state index contributed by atoms with van der Waals surface area (Å²) in [6.07, 6.45) is 0. The quantitative estimate of drug-likeness (QED) is 0.572. The molecule has 1 saturated heterocycles. The second kappa shape index (κ2) is 4.42. The molecule has 12 heavy (non-hydrogen) atoms. The molecule has 0 radical (unpaired) electrons. The number of aliphatic carboxylic acids is 1. The first-order valence-corrected chi connectivity index (χ1v) is 3.60. The lowest BCUT2D eigenvalue weighted by Crippen LogP contribution is -2.46. The number of carboxylic acid groups (broad SMARTS) is 1. The van der Waals surface area contributed by atoms with Crippen molar-refractivity contribution in [2.75, 3.05) is 13.1 Å². The smallest absolute Gasteiger partial charge is 0.315 e. The van der Waals surface area contributed by atoms with Crippen molar-refractivity contribution in [3.63, 3.8) is 0 Å². The van der Waals surface area contributed by atoms with E-state index in [1.165, 1.54) is 0 Å². The maximum Gasteiger partial charge on any atom is 0.315 e. The van der Waals surface area contributed by atoms with E-state index >= 15 is 0 Å². The Hall–Kier alpha value is -0.610. The average Bonchev–Trinajstić information content (AvgIpc) is 1.94. The largest absolute Gasteiger partial charge is 0.481 e. The number of carboxylic acids is 1. The Bertz CT molecular complexity index is 195. The number of nitrogens with one attached hydrogen (secondary N) is 1. The number of hydrogen-bond acceptors (Lipinski definition) is 3. The lowest BCUT2D eigenvalue weighted by Gasteiger charge is -2.23. The van der Waals surface area contributed by atoms with Gasteiger partial charge in [0.25, 0.3) is 0 Å². The van der Waals surface area contributed by atoms with Gasteiger partial charge in [0, 0.05) is 19.0 Å². The van der Waals surface area contributed by atoms with Gasteiger partial charge in [0.15, 0.2) is 5.78 Å². The van der Waals surface area contributed by atoms with E-state index in [2.05, 4.69) is 5.32 Å². The minimum absolute atomic E-state index is 0. The van der Waals surface area contributed by atoms with E-state index in [1.54, 1.807) is 6.92 Å². The maximum absolute atomic E-state index is 11.1. The van der Waals surface area contributed by atoms with E-state index in [-0.39, 0.29) is 30.7 Å². The summed E-state index contributed by atoms with van der Waals surface area (Å²) in [6.45, 7) is 2.62. The van der Waals surface area contributed by atoms with Gasteiger partial charge in [-0.15, -0.1) is 12.4 Å². The fourth-order valence-electron chi connectivity index (χ4n) is 1.20. The van der Waals surface area contributed by atoms with Crippen molar-refractivity contribution < 1.29 is 14.7 Å². The first kappa shape index (κ1) is 11.4. The Morgan fingerprint density at radius 3 is 2.58 bits per heavy atom. The number of halogens is 1. The monoisotopic (exact) mass is 193 g/mol. The third-order valence-corrected chi connectivity index (χ3v) is 1.93. The Labute approximate surface area is 76.7 Å². The third-order valence-electron chi connectivity index (χ3n) is 1.93. The maximum atomic E-state index is 11.1. The van der Waals surface area contributed by atoms with E-state index in [4.69, 9.17) is 5.11 Å². The average molecular weight is 194 g/mol. The van der Waals surface area contributed by atoms with Crippen molar-refractivity contribution in [2.45, 2.75) is 6.92 Å². The molecular formula is C7H12ClNO3. The normalized spacial score (nSPS) is 29.2. The predicted molar refractivity (Wildman–Crippen MR) is 45.4 cm³/mol. The zero-order valence-electron chi connectivity index (χ0n) is 6.74. The molecule has 0 saturated carbocycles. The summed E-state index contributed by atoms with van der Waals surface area (Å²) in [6, 6.07) is 0. The zero-order chi connectivity index (χ0) is 8.43. The molecule has 0 aromatic rings. The highest BCUT2D eigenvalue weighted by atomic mass is 35.5. The highest BCUT2D eigenvalue weighted by Gasteiger charge is 2.32. The van der Waals surface area contributed by atoms with E-state index in [9.17, 15) is 9.59 Å². The second-order valence-corrected chi connectivity index (χ2v) is 2.85. The Morgan fingerprint density at radius 2 is 2.17 bits per heavy atom. The Kier molecular flexibility index (Phi) is 4.20. The molecule has 2 N–H and O–H groups in total. The SMILES string of the molecule is CC1CNCC(C(=O)O)C1=O.Cl. The fraction of sp³-hybridized carbons (Fsp3) is 0.714. The number of carbonyl (C=O) groups excluding carboxylic acids is 1. The number of hydrogen-bond donors (Lipinski definition) is 2. The van der Waals surface area contributed by atoms with Gasteiger partial charge in [0.05, 0.1) is 0 Å². The van der Waals surface area contributed by atoms with Crippen LogP contribution in [-0.2, 0) is 9.59 Å². The molecule has 5 heteroatoms. The van der Waals surface area contributed by atoms with Gasteiger partial charge < -0.3 is 10.4 Å². The molecule has 0 amide bonds. The first-order valence-electron chi connectivity index (χ1n) is 3.60. The van der Waals surface area contributed by atoms with Crippen molar-refractivity contribution in [1.29, 1.82) is 0 Å². The van der Waals surface area contributed by atoms with Crippen molar-refractivity contribution in [3.8, 4) is 0 Å². The molecule has 1 aliphatic heterocycles. The summed E-state index contributed by atoms with van der Waals surface area (Å²) in [7, 11) is 0. The van der Waals surface area contributed by atoms with E-state index < -0.39 is 11.9 Å². The Morgan fingerprint density at radius 1 is 1.58 bits per heavy atom. The molecule has 2 atom stereocenters. The molecule has 1 rings (SSSR count). The third kappa shape index (κ3) is 2.19. The van der Waals surface area contributed by atoms with Crippen LogP contribution in [0.1, 0.15) is 6.92 Å². The van der Waals surface area contributed by atoms with E-state index in [0.717, 1.165) is 0 Å². The van der Waals surface area contributed by atoms with Crippen LogP contribution in [0, 0.1) is 11.8 Å². The summed E-state index contributed by atoms with van der Waals surface area (Å²) in [5.74, 6) is -2.17. The second-order valence-electron chi connectivity index (χ2n) is 2.85. The lowest BCUT2D eigenvalue weighted by atomic mass is 9.90. The van der Waals surface area contributed by atoms with Gasteiger partial charge in [-0.05, 0) is 0 Å². The molecule has 0 aliphatic carbocycles. The summed E-state index contributed by atoms with van der Waals surface area (Å²) in [5.41, 5.74) is 0. The Balaban J connectivity index is 0.00000121. The van der Waals surface area contributed by atoms with Gasteiger partial charge in [-0.1, -0.05) is 6.92 Å². The molecule has 0 bridgehead atoms. The molecule has 1 heterocycles. The van der Waals surface area contributed by atoms with Crippen molar-refractivity contribution >= 4 is 24.2 Å². The lowest BCUT2D eigenvalue weighted by molar-refractivity contribution is -0.148. The first-order chi connectivity index (χ1) is 5.13. The van der Waals surface area contributed by atoms with Crippen LogP contribution in [0.3, 0.4) is 0 Å². The number of carbonyl (C=O) groups is 2. The van der Waals surface area contributed by atoms with E-state index in [1.807, 2.05) is 0 Å². The summed E-state index contributed by atoms with van der Waals surface area (Å²) in [4.78, 5) is 21.6. The highest BCUT2D eigenvalue weighted by Crippen LogP contribution is 2.11. The molecule has 0 aromatic heterocycles. The van der Waals surface area contributed by atoms with Gasteiger partial charge in [0.2, 0.25) is 0 Å². The molecule has 2 unspecified atom stereocenters. The van der Waals surface area contributed by atoms with Crippen molar-refractivity contribution in [1.82, 2.24) is 5.32 Å². The minimum Gasteiger partial charge on any atom is -0.481 e.